The average molecular weight is 250 g/mol. The van der Waals surface area contributed by atoms with E-state index in [1.54, 1.807) is 0 Å². The van der Waals surface area contributed by atoms with Gasteiger partial charge in [-0.05, 0) is 52.0 Å². The van der Waals surface area contributed by atoms with Crippen LogP contribution in [0, 0.1) is 0 Å². The Balaban J connectivity index is 2.02. The molecular formula is C15H26N2O. The highest BCUT2D eigenvalue weighted by molar-refractivity contribution is 5.14. The number of nitrogens with zero attached hydrogens (tertiary/aromatic N) is 1. The van der Waals surface area contributed by atoms with E-state index in [0.29, 0.717) is 0 Å². The molecule has 2 N–H and O–H groups in total. The molecule has 1 rings (SSSR count). The number of nitrogens with one attached hydrogen (secondary N) is 1. The summed E-state index contributed by atoms with van der Waals surface area (Å²) < 4.78 is 0. The molecule has 1 unspecified atom stereocenters. The van der Waals surface area contributed by atoms with E-state index in [4.69, 9.17) is 5.11 Å². The lowest BCUT2D eigenvalue weighted by Gasteiger charge is -2.16. The molecule has 1 aromatic carbocycles. The second-order valence-corrected chi connectivity index (χ2v) is 4.96. The van der Waals surface area contributed by atoms with Crippen molar-refractivity contribution in [2.45, 2.75) is 32.4 Å². The van der Waals surface area contributed by atoms with Crippen LogP contribution in [0.3, 0.4) is 0 Å². The van der Waals surface area contributed by atoms with Crippen LogP contribution in [0.1, 0.15) is 25.3 Å². The van der Waals surface area contributed by atoms with Gasteiger partial charge in [0.25, 0.3) is 0 Å². The van der Waals surface area contributed by atoms with Gasteiger partial charge in [-0.1, -0.05) is 30.3 Å². The lowest BCUT2D eigenvalue weighted by Crippen LogP contribution is -2.25. The minimum absolute atomic E-state index is 0.196. The molecule has 18 heavy (non-hydrogen) atoms. The number of benzene rings is 1. The van der Waals surface area contributed by atoms with Gasteiger partial charge >= 0.3 is 0 Å². The minimum atomic E-state index is -0.196. The topological polar surface area (TPSA) is 35.5 Å². The molecule has 0 aliphatic rings. The first kappa shape index (κ1) is 15.2. The fourth-order valence-electron chi connectivity index (χ4n) is 1.88. The lowest BCUT2D eigenvalue weighted by atomic mass is 10.2. The van der Waals surface area contributed by atoms with Crippen LogP contribution in [0.2, 0.25) is 0 Å². The maximum atomic E-state index is 9.11. The molecule has 0 bridgehead atoms. The smallest absolute Gasteiger partial charge is 0.0524 e. The van der Waals surface area contributed by atoms with Crippen molar-refractivity contribution in [3.63, 3.8) is 0 Å². The van der Waals surface area contributed by atoms with Crippen LogP contribution < -0.4 is 5.32 Å². The van der Waals surface area contributed by atoms with E-state index in [9.17, 15) is 0 Å². The second kappa shape index (κ2) is 9.09. The van der Waals surface area contributed by atoms with Gasteiger partial charge in [-0.3, -0.25) is 0 Å². The molecule has 0 fully saturated rings. The van der Waals surface area contributed by atoms with Crippen molar-refractivity contribution in [2.75, 3.05) is 26.7 Å². The zero-order valence-electron chi connectivity index (χ0n) is 11.6. The first-order valence-electron chi connectivity index (χ1n) is 6.79. The van der Waals surface area contributed by atoms with Gasteiger partial charge in [-0.2, -0.15) is 0 Å². The van der Waals surface area contributed by atoms with E-state index in [1.807, 2.05) is 6.92 Å². The van der Waals surface area contributed by atoms with Crippen molar-refractivity contribution in [2.24, 2.45) is 0 Å². The number of rotatable bonds is 9. The SMILES string of the molecule is CC(O)CCNCCCN(C)Cc1ccccc1. The summed E-state index contributed by atoms with van der Waals surface area (Å²) in [6.07, 6.45) is 1.78. The summed E-state index contributed by atoms with van der Waals surface area (Å²) in [5.41, 5.74) is 1.36. The van der Waals surface area contributed by atoms with E-state index in [-0.39, 0.29) is 6.10 Å². The van der Waals surface area contributed by atoms with Crippen LogP contribution in [0.5, 0.6) is 0 Å². The standard InChI is InChI=1S/C15H26N2O/c1-14(18)9-11-16-10-6-12-17(2)13-15-7-4-3-5-8-15/h3-5,7-8,14,16,18H,6,9-13H2,1-2H3. The van der Waals surface area contributed by atoms with Crippen LogP contribution in [0.15, 0.2) is 30.3 Å². The quantitative estimate of drug-likeness (QED) is 0.657. The third-order valence-electron chi connectivity index (χ3n) is 2.93. The van der Waals surface area contributed by atoms with E-state index < -0.39 is 0 Å². The highest BCUT2D eigenvalue weighted by atomic mass is 16.3. The van der Waals surface area contributed by atoms with E-state index >= 15 is 0 Å². The predicted molar refractivity (Wildman–Crippen MR) is 76.6 cm³/mol. The van der Waals surface area contributed by atoms with Gasteiger partial charge in [-0.15, -0.1) is 0 Å². The Kier molecular flexibility index (Phi) is 7.65. The number of hydrogen-bond donors (Lipinski definition) is 2. The van der Waals surface area contributed by atoms with Crippen LogP contribution in [0.4, 0.5) is 0 Å². The first-order chi connectivity index (χ1) is 8.68. The molecule has 0 saturated carbocycles. The Bertz CT molecular complexity index is 301. The second-order valence-electron chi connectivity index (χ2n) is 4.96. The molecule has 102 valence electrons. The van der Waals surface area contributed by atoms with Crippen molar-refractivity contribution >= 4 is 0 Å². The van der Waals surface area contributed by atoms with Gasteiger partial charge in [-0.25, -0.2) is 0 Å². The summed E-state index contributed by atoms with van der Waals surface area (Å²) in [5, 5.41) is 12.5. The number of aliphatic hydroxyl groups excluding tert-OH is 1. The van der Waals surface area contributed by atoms with Gasteiger partial charge in [0.05, 0.1) is 6.10 Å². The summed E-state index contributed by atoms with van der Waals surface area (Å²) in [6, 6.07) is 10.5. The monoisotopic (exact) mass is 250 g/mol. The minimum Gasteiger partial charge on any atom is -0.393 e. The summed E-state index contributed by atoms with van der Waals surface area (Å²) in [6.45, 7) is 5.85. The Morgan fingerprint density at radius 1 is 1.22 bits per heavy atom. The van der Waals surface area contributed by atoms with Crippen molar-refractivity contribution in [3.8, 4) is 0 Å². The zero-order chi connectivity index (χ0) is 13.2. The Morgan fingerprint density at radius 2 is 1.94 bits per heavy atom. The van der Waals surface area contributed by atoms with E-state index in [0.717, 1.165) is 39.0 Å². The molecule has 0 aliphatic carbocycles. The molecule has 0 aromatic heterocycles. The number of hydrogen-bond acceptors (Lipinski definition) is 3. The summed E-state index contributed by atoms with van der Waals surface area (Å²) in [7, 11) is 2.16. The molecule has 0 spiro atoms. The molecule has 0 saturated heterocycles. The van der Waals surface area contributed by atoms with Crippen molar-refractivity contribution in [1.29, 1.82) is 0 Å². The van der Waals surface area contributed by atoms with Crippen LogP contribution in [-0.2, 0) is 6.54 Å². The fraction of sp³-hybridized carbons (Fsp3) is 0.600. The molecule has 0 amide bonds. The zero-order valence-corrected chi connectivity index (χ0v) is 11.6. The highest BCUT2D eigenvalue weighted by Gasteiger charge is 1.99. The van der Waals surface area contributed by atoms with Gasteiger partial charge in [0, 0.05) is 6.54 Å². The third-order valence-corrected chi connectivity index (χ3v) is 2.93. The molecule has 0 aliphatic heterocycles. The molecular weight excluding hydrogens is 224 g/mol. The van der Waals surface area contributed by atoms with Crippen LogP contribution in [0.25, 0.3) is 0 Å². The van der Waals surface area contributed by atoms with Gasteiger partial charge in [0.1, 0.15) is 0 Å². The summed E-state index contributed by atoms with van der Waals surface area (Å²) in [4.78, 5) is 2.34. The molecule has 1 aromatic rings. The molecule has 3 heteroatoms. The number of aliphatic hydroxyl groups is 1. The lowest BCUT2D eigenvalue weighted by molar-refractivity contribution is 0.183. The highest BCUT2D eigenvalue weighted by Crippen LogP contribution is 2.02. The van der Waals surface area contributed by atoms with Gasteiger partial charge in [0.2, 0.25) is 0 Å². The van der Waals surface area contributed by atoms with Gasteiger partial charge in [0.15, 0.2) is 0 Å². The first-order valence-corrected chi connectivity index (χ1v) is 6.79. The van der Waals surface area contributed by atoms with Crippen LogP contribution >= 0.6 is 0 Å². The average Bonchev–Trinajstić information content (AvgIpc) is 2.34. The Hall–Kier alpha value is -0.900. The van der Waals surface area contributed by atoms with Crippen molar-refractivity contribution in [3.05, 3.63) is 35.9 Å². The largest absolute Gasteiger partial charge is 0.393 e. The summed E-state index contributed by atoms with van der Waals surface area (Å²) >= 11 is 0. The Morgan fingerprint density at radius 3 is 2.61 bits per heavy atom. The molecule has 3 nitrogen and oxygen atoms in total. The van der Waals surface area contributed by atoms with Crippen LogP contribution in [-0.4, -0.2) is 42.8 Å². The van der Waals surface area contributed by atoms with Crippen molar-refractivity contribution < 1.29 is 5.11 Å². The van der Waals surface area contributed by atoms with E-state index in [1.165, 1.54) is 5.56 Å². The maximum absolute atomic E-state index is 9.11. The predicted octanol–water partition coefficient (Wildman–Crippen LogP) is 1.87. The fourth-order valence-corrected chi connectivity index (χ4v) is 1.88. The van der Waals surface area contributed by atoms with E-state index in [2.05, 4.69) is 47.6 Å². The van der Waals surface area contributed by atoms with Crippen molar-refractivity contribution in [1.82, 2.24) is 10.2 Å². The molecule has 1 atom stereocenters. The molecule has 0 heterocycles. The third kappa shape index (κ3) is 7.43. The normalized spacial score (nSPS) is 12.9. The Labute approximate surface area is 111 Å². The molecule has 0 radical (unpaired) electrons. The maximum Gasteiger partial charge on any atom is 0.0524 e. The summed E-state index contributed by atoms with van der Waals surface area (Å²) in [5.74, 6) is 0. The van der Waals surface area contributed by atoms with Gasteiger partial charge < -0.3 is 15.3 Å².